The second kappa shape index (κ2) is 7.64. The zero-order chi connectivity index (χ0) is 17.1. The van der Waals surface area contributed by atoms with Crippen LogP contribution < -0.4 is 0 Å². The van der Waals surface area contributed by atoms with E-state index < -0.39 is 5.60 Å². The topological polar surface area (TPSA) is 58.9 Å². The van der Waals surface area contributed by atoms with Crippen molar-refractivity contribution in [1.29, 1.82) is 0 Å². The molecule has 4 nitrogen and oxygen atoms in total. The van der Waals surface area contributed by atoms with Crippen LogP contribution in [0.25, 0.3) is 0 Å². The Labute approximate surface area is 140 Å². The highest BCUT2D eigenvalue weighted by molar-refractivity contribution is 5.01. The number of allylic oxidation sites excluding steroid dienone is 1. The van der Waals surface area contributed by atoms with Gasteiger partial charge in [-0.1, -0.05) is 25.0 Å². The molecule has 2 bridgehead atoms. The van der Waals surface area contributed by atoms with Gasteiger partial charge in [0.1, 0.15) is 5.60 Å². The molecular weight excluding hydrogens is 292 g/mol. The van der Waals surface area contributed by atoms with Crippen molar-refractivity contribution in [2.75, 3.05) is 13.2 Å². The monoisotopic (exact) mass is 326 g/mol. The van der Waals surface area contributed by atoms with E-state index in [-0.39, 0.29) is 24.4 Å². The average Bonchev–Trinajstić information content (AvgIpc) is 2.91. The van der Waals surface area contributed by atoms with Crippen molar-refractivity contribution in [3.8, 4) is 0 Å². The summed E-state index contributed by atoms with van der Waals surface area (Å²) in [5.41, 5.74) is 0.558. The maximum atomic E-state index is 10.2. The molecule has 2 heterocycles. The van der Waals surface area contributed by atoms with Crippen LogP contribution in [0.5, 0.6) is 0 Å². The second-order valence-electron chi connectivity index (χ2n) is 8.04. The number of hydrogen-bond donors (Lipinski definition) is 2. The summed E-state index contributed by atoms with van der Waals surface area (Å²) in [6.07, 6.45) is 7.49. The Kier molecular flexibility index (Phi) is 6.28. The van der Waals surface area contributed by atoms with E-state index in [9.17, 15) is 10.2 Å². The third kappa shape index (κ3) is 4.56. The van der Waals surface area contributed by atoms with E-state index in [1.807, 2.05) is 0 Å². The average molecular weight is 326 g/mol. The molecule has 2 aliphatic rings. The molecule has 2 saturated heterocycles. The minimum absolute atomic E-state index is 0.0488. The number of ether oxygens (including phenoxy) is 2. The molecule has 2 fully saturated rings. The van der Waals surface area contributed by atoms with Crippen molar-refractivity contribution in [2.45, 2.75) is 89.6 Å². The second-order valence-corrected chi connectivity index (χ2v) is 8.04. The van der Waals surface area contributed by atoms with Crippen molar-refractivity contribution in [3.63, 3.8) is 0 Å². The number of hydrogen-bond acceptors (Lipinski definition) is 4. The molecule has 2 rings (SSSR count). The van der Waals surface area contributed by atoms with Crippen molar-refractivity contribution < 1.29 is 19.7 Å². The Morgan fingerprint density at radius 2 is 2.13 bits per heavy atom. The molecule has 134 valence electrons. The lowest BCUT2D eigenvalue weighted by atomic mass is 9.87. The summed E-state index contributed by atoms with van der Waals surface area (Å²) < 4.78 is 12.2. The van der Waals surface area contributed by atoms with E-state index in [2.05, 4.69) is 33.8 Å². The lowest BCUT2D eigenvalue weighted by Crippen LogP contribution is -2.53. The van der Waals surface area contributed by atoms with Gasteiger partial charge in [-0.2, -0.15) is 0 Å². The van der Waals surface area contributed by atoms with Crippen molar-refractivity contribution in [2.24, 2.45) is 5.92 Å². The summed E-state index contributed by atoms with van der Waals surface area (Å²) in [4.78, 5) is 0. The van der Waals surface area contributed by atoms with E-state index >= 15 is 0 Å². The smallest absolute Gasteiger partial charge is 0.115 e. The van der Waals surface area contributed by atoms with Crippen LogP contribution in [-0.2, 0) is 9.47 Å². The molecule has 4 heteroatoms. The van der Waals surface area contributed by atoms with Gasteiger partial charge in [-0.05, 0) is 58.8 Å². The zero-order valence-corrected chi connectivity index (χ0v) is 15.2. The fraction of sp³-hybridized carbons (Fsp3) is 0.895. The van der Waals surface area contributed by atoms with E-state index in [1.54, 1.807) is 0 Å². The minimum Gasteiger partial charge on any atom is -0.393 e. The zero-order valence-electron chi connectivity index (χ0n) is 15.2. The van der Waals surface area contributed by atoms with Crippen molar-refractivity contribution in [1.82, 2.24) is 0 Å². The van der Waals surface area contributed by atoms with Crippen LogP contribution in [0.2, 0.25) is 0 Å². The van der Waals surface area contributed by atoms with E-state index in [0.717, 1.165) is 38.5 Å². The van der Waals surface area contributed by atoms with Gasteiger partial charge < -0.3 is 19.7 Å². The molecule has 0 amide bonds. The first-order valence-corrected chi connectivity index (χ1v) is 9.04. The largest absolute Gasteiger partial charge is 0.393 e. The summed E-state index contributed by atoms with van der Waals surface area (Å²) in [6.45, 7) is 8.92. The molecule has 2 N–H and O–H groups in total. The fourth-order valence-electron chi connectivity index (χ4n) is 3.69. The molecule has 0 aromatic heterocycles. The predicted molar refractivity (Wildman–Crippen MR) is 91.4 cm³/mol. The minimum atomic E-state index is -0.446. The summed E-state index contributed by atoms with van der Waals surface area (Å²) in [5, 5.41) is 19.7. The number of aliphatic hydroxyl groups excluding tert-OH is 2. The molecule has 23 heavy (non-hydrogen) atoms. The molecule has 2 unspecified atom stereocenters. The Balaban J connectivity index is 1.77. The first-order valence-electron chi connectivity index (χ1n) is 9.04. The van der Waals surface area contributed by atoms with Gasteiger partial charge in [0.05, 0.1) is 31.0 Å². The van der Waals surface area contributed by atoms with Crippen molar-refractivity contribution in [3.05, 3.63) is 11.6 Å². The van der Waals surface area contributed by atoms with Crippen LogP contribution in [-0.4, -0.2) is 46.8 Å². The molecule has 0 radical (unpaired) electrons. The van der Waals surface area contributed by atoms with Crippen LogP contribution in [0.1, 0.15) is 66.2 Å². The Bertz CT molecular complexity index is 418. The SMILES string of the molecule is CC(C)=CCC(O)C(C)CCC[C@]1(C)OC[C@]2(CO)CC[C@H]1O2. The van der Waals surface area contributed by atoms with Crippen molar-refractivity contribution >= 4 is 0 Å². The summed E-state index contributed by atoms with van der Waals surface area (Å²) >= 11 is 0. The first-order chi connectivity index (χ1) is 10.8. The van der Waals surface area contributed by atoms with E-state index in [1.165, 1.54) is 5.57 Å². The summed E-state index contributed by atoms with van der Waals surface area (Å²) in [7, 11) is 0. The summed E-state index contributed by atoms with van der Waals surface area (Å²) in [5.74, 6) is 0.291. The lowest BCUT2D eigenvalue weighted by molar-refractivity contribution is -0.248. The van der Waals surface area contributed by atoms with Gasteiger partial charge in [-0.15, -0.1) is 0 Å². The molecule has 0 saturated carbocycles. The molecule has 5 atom stereocenters. The Hall–Kier alpha value is -0.420. The third-order valence-electron chi connectivity index (χ3n) is 5.65. The van der Waals surface area contributed by atoms with Crippen LogP contribution in [0.3, 0.4) is 0 Å². The molecular formula is C19H34O4. The quantitative estimate of drug-likeness (QED) is 0.673. The Morgan fingerprint density at radius 1 is 1.39 bits per heavy atom. The number of fused-ring (bicyclic) bond motifs is 2. The van der Waals surface area contributed by atoms with E-state index in [4.69, 9.17) is 9.47 Å². The lowest BCUT2D eigenvalue weighted by Gasteiger charge is -2.44. The van der Waals surface area contributed by atoms with Gasteiger partial charge in [0.15, 0.2) is 0 Å². The van der Waals surface area contributed by atoms with Crippen LogP contribution in [0.15, 0.2) is 11.6 Å². The van der Waals surface area contributed by atoms with E-state index in [0.29, 0.717) is 12.5 Å². The number of rotatable bonds is 8. The number of aliphatic hydroxyl groups is 2. The highest BCUT2D eigenvalue weighted by Gasteiger charge is 2.53. The summed E-state index contributed by atoms with van der Waals surface area (Å²) in [6, 6.07) is 0. The Morgan fingerprint density at radius 3 is 2.78 bits per heavy atom. The van der Waals surface area contributed by atoms with Gasteiger partial charge >= 0.3 is 0 Å². The predicted octanol–water partition coefficient (Wildman–Crippen LogP) is 3.21. The van der Waals surface area contributed by atoms with Gasteiger partial charge in [0.25, 0.3) is 0 Å². The van der Waals surface area contributed by atoms with Crippen LogP contribution in [0.4, 0.5) is 0 Å². The standard InChI is InChI=1S/C19H34O4/c1-14(2)7-8-16(21)15(3)6-5-10-18(4)17-9-11-19(12-20,23-17)13-22-18/h7,15-17,20-21H,5-6,8-13H2,1-4H3/t15?,16?,17-,18+,19-/m1/s1. The third-order valence-corrected chi connectivity index (χ3v) is 5.65. The van der Waals surface area contributed by atoms with Crippen LogP contribution >= 0.6 is 0 Å². The maximum Gasteiger partial charge on any atom is 0.115 e. The fourth-order valence-corrected chi connectivity index (χ4v) is 3.69. The van der Waals surface area contributed by atoms with Gasteiger partial charge in [0.2, 0.25) is 0 Å². The van der Waals surface area contributed by atoms with Gasteiger partial charge in [-0.25, -0.2) is 0 Å². The first kappa shape index (κ1) is 18.9. The molecule has 0 spiro atoms. The van der Waals surface area contributed by atoms with Gasteiger partial charge in [0, 0.05) is 0 Å². The molecule has 0 aliphatic carbocycles. The van der Waals surface area contributed by atoms with Crippen LogP contribution in [0, 0.1) is 5.92 Å². The highest BCUT2D eigenvalue weighted by atomic mass is 16.6. The highest BCUT2D eigenvalue weighted by Crippen LogP contribution is 2.44. The molecule has 0 aromatic rings. The maximum absolute atomic E-state index is 10.2. The normalized spacial score (nSPS) is 35.8. The molecule has 0 aromatic carbocycles. The molecule has 2 aliphatic heterocycles. The van der Waals surface area contributed by atoms with Gasteiger partial charge in [-0.3, -0.25) is 0 Å².